The molecule has 0 spiro atoms. The molecule has 1 heterocycles. The zero-order valence-corrected chi connectivity index (χ0v) is 14.4. The van der Waals surface area contributed by atoms with Gasteiger partial charge < -0.3 is 20.9 Å². The Morgan fingerprint density at radius 2 is 1.96 bits per heavy atom. The van der Waals surface area contributed by atoms with E-state index < -0.39 is 11.9 Å². The Kier molecular flexibility index (Phi) is 6.35. The van der Waals surface area contributed by atoms with Gasteiger partial charge in [0.25, 0.3) is 5.91 Å². The van der Waals surface area contributed by atoms with E-state index in [1.54, 1.807) is 24.3 Å². The van der Waals surface area contributed by atoms with Crippen LogP contribution >= 0.6 is 11.6 Å². The number of carbonyl (C=O) groups is 4. The average molecular weight is 367 g/mol. The zero-order valence-electron chi connectivity index (χ0n) is 13.7. The molecule has 1 aliphatic heterocycles. The highest BCUT2D eigenvalue weighted by atomic mass is 35.5. The van der Waals surface area contributed by atoms with Gasteiger partial charge in [-0.25, -0.2) is 0 Å². The van der Waals surface area contributed by atoms with Crippen LogP contribution in [0, 0.1) is 0 Å². The van der Waals surface area contributed by atoms with Crippen molar-refractivity contribution in [2.75, 3.05) is 31.3 Å². The van der Waals surface area contributed by atoms with Crippen LogP contribution in [0.5, 0.6) is 0 Å². The third-order valence-electron chi connectivity index (χ3n) is 3.80. The first-order chi connectivity index (χ1) is 12.0. The number of benzene rings is 1. The molecule has 1 atom stereocenters. The van der Waals surface area contributed by atoms with Gasteiger partial charge in [-0.1, -0.05) is 0 Å². The highest BCUT2D eigenvalue weighted by Crippen LogP contribution is 2.14. The van der Waals surface area contributed by atoms with Crippen molar-refractivity contribution in [1.29, 1.82) is 0 Å². The molecule has 8 nitrogen and oxygen atoms in total. The summed E-state index contributed by atoms with van der Waals surface area (Å²) in [5, 5.41) is 7.79. The molecule has 0 saturated carbocycles. The summed E-state index contributed by atoms with van der Waals surface area (Å²) in [6.45, 7) is 0.649. The fourth-order valence-corrected chi connectivity index (χ4v) is 2.68. The molecule has 4 amide bonds. The van der Waals surface area contributed by atoms with Gasteiger partial charge in [0.05, 0.1) is 6.42 Å². The van der Waals surface area contributed by atoms with Crippen LogP contribution in [0.1, 0.15) is 16.8 Å². The van der Waals surface area contributed by atoms with Gasteiger partial charge in [-0.2, -0.15) is 0 Å². The normalized spacial score (nSPS) is 16.8. The topological polar surface area (TPSA) is 108 Å². The molecule has 1 saturated heterocycles. The van der Waals surface area contributed by atoms with Gasteiger partial charge in [0, 0.05) is 31.4 Å². The molecule has 2 rings (SSSR count). The van der Waals surface area contributed by atoms with Crippen molar-refractivity contribution in [2.24, 2.45) is 0 Å². The van der Waals surface area contributed by atoms with E-state index in [0.29, 0.717) is 24.3 Å². The minimum Gasteiger partial charge on any atom is -0.355 e. The molecule has 0 bridgehead atoms. The quantitative estimate of drug-likeness (QED) is 0.634. The molecular formula is C16H19ClN4O4. The Morgan fingerprint density at radius 3 is 2.56 bits per heavy atom. The van der Waals surface area contributed by atoms with Crippen LogP contribution in [-0.4, -0.2) is 60.6 Å². The third-order valence-corrected chi connectivity index (χ3v) is 4.03. The summed E-state index contributed by atoms with van der Waals surface area (Å²) in [7, 11) is 1.53. The van der Waals surface area contributed by atoms with Crippen LogP contribution < -0.4 is 16.0 Å². The van der Waals surface area contributed by atoms with Crippen molar-refractivity contribution < 1.29 is 19.2 Å². The van der Waals surface area contributed by atoms with Crippen molar-refractivity contribution in [1.82, 2.24) is 15.5 Å². The van der Waals surface area contributed by atoms with Crippen molar-refractivity contribution in [3.8, 4) is 0 Å². The Morgan fingerprint density at radius 1 is 1.28 bits per heavy atom. The first-order valence-electron chi connectivity index (χ1n) is 7.71. The first kappa shape index (κ1) is 18.7. The van der Waals surface area contributed by atoms with Crippen LogP contribution in [0.3, 0.4) is 0 Å². The number of rotatable bonds is 5. The number of anilines is 1. The lowest BCUT2D eigenvalue weighted by atomic mass is 10.1. The lowest BCUT2D eigenvalue weighted by molar-refractivity contribution is -0.143. The molecule has 0 aliphatic carbocycles. The van der Waals surface area contributed by atoms with Gasteiger partial charge >= 0.3 is 0 Å². The van der Waals surface area contributed by atoms with Crippen LogP contribution in [0.4, 0.5) is 5.69 Å². The van der Waals surface area contributed by atoms with E-state index in [4.69, 9.17) is 11.6 Å². The summed E-state index contributed by atoms with van der Waals surface area (Å²) >= 11 is 5.56. The number of hydrogen-bond donors (Lipinski definition) is 3. The highest BCUT2D eigenvalue weighted by molar-refractivity contribution is 6.27. The lowest BCUT2D eigenvalue weighted by Gasteiger charge is -2.34. The third kappa shape index (κ3) is 4.69. The van der Waals surface area contributed by atoms with Gasteiger partial charge in [-0.05, 0) is 24.3 Å². The van der Waals surface area contributed by atoms with Gasteiger partial charge in [0.15, 0.2) is 0 Å². The molecular weight excluding hydrogens is 348 g/mol. The maximum atomic E-state index is 12.2. The van der Waals surface area contributed by atoms with Gasteiger partial charge in [-0.15, -0.1) is 11.6 Å². The molecule has 1 aromatic carbocycles. The smallest absolute Gasteiger partial charge is 0.251 e. The molecule has 1 aliphatic rings. The fourth-order valence-electron chi connectivity index (χ4n) is 2.53. The molecule has 25 heavy (non-hydrogen) atoms. The minimum atomic E-state index is -0.884. The van der Waals surface area contributed by atoms with E-state index in [9.17, 15) is 19.2 Å². The Balaban J connectivity index is 2.01. The number of carbonyl (C=O) groups excluding carboxylic acids is 4. The van der Waals surface area contributed by atoms with Gasteiger partial charge in [0.1, 0.15) is 11.9 Å². The second-order valence-corrected chi connectivity index (χ2v) is 5.70. The number of alkyl halides is 1. The maximum Gasteiger partial charge on any atom is 0.251 e. The Bertz CT molecular complexity index is 677. The average Bonchev–Trinajstić information content (AvgIpc) is 2.62. The predicted octanol–water partition coefficient (Wildman–Crippen LogP) is -0.0594. The predicted molar refractivity (Wildman–Crippen MR) is 92.3 cm³/mol. The van der Waals surface area contributed by atoms with E-state index in [2.05, 4.69) is 16.0 Å². The largest absolute Gasteiger partial charge is 0.355 e. The van der Waals surface area contributed by atoms with E-state index >= 15 is 0 Å². The molecule has 9 heteroatoms. The number of nitrogens with zero attached hydrogens (tertiary/aromatic N) is 1. The van der Waals surface area contributed by atoms with Crippen molar-refractivity contribution >= 4 is 40.9 Å². The monoisotopic (exact) mass is 366 g/mol. The number of piperazine rings is 1. The summed E-state index contributed by atoms with van der Waals surface area (Å²) in [4.78, 5) is 48.8. The molecule has 1 fully saturated rings. The zero-order chi connectivity index (χ0) is 18.4. The van der Waals surface area contributed by atoms with Gasteiger partial charge in [-0.3, -0.25) is 19.2 Å². The summed E-state index contributed by atoms with van der Waals surface area (Å²) in [5.74, 6) is -1.65. The molecule has 134 valence electrons. The SMILES string of the molecule is CNC(=O)c1ccc(NC(=O)C[C@@H]2C(=O)NCCN2C(=O)CCl)cc1. The van der Waals surface area contributed by atoms with Crippen LogP contribution in [-0.2, 0) is 14.4 Å². The molecule has 1 aromatic rings. The van der Waals surface area contributed by atoms with E-state index in [1.807, 2.05) is 0 Å². The second kappa shape index (κ2) is 8.48. The number of amides is 4. The van der Waals surface area contributed by atoms with Crippen LogP contribution in [0.2, 0.25) is 0 Å². The molecule has 0 aromatic heterocycles. The number of halogens is 1. The summed E-state index contributed by atoms with van der Waals surface area (Å²) < 4.78 is 0. The first-order valence-corrected chi connectivity index (χ1v) is 8.25. The summed E-state index contributed by atoms with van der Waals surface area (Å²) in [5.41, 5.74) is 0.954. The highest BCUT2D eigenvalue weighted by Gasteiger charge is 2.34. The number of nitrogens with one attached hydrogen (secondary N) is 3. The Hall–Kier alpha value is -2.61. The van der Waals surface area contributed by atoms with E-state index in [-0.39, 0.29) is 30.0 Å². The second-order valence-electron chi connectivity index (χ2n) is 5.44. The molecule has 0 unspecified atom stereocenters. The fraction of sp³-hybridized carbons (Fsp3) is 0.375. The standard InChI is InChI=1S/C16H19ClN4O4/c1-18-15(24)10-2-4-11(5-3-10)20-13(22)8-12-16(25)19-6-7-21(12)14(23)9-17/h2-5,12H,6-9H2,1H3,(H,18,24)(H,19,25)(H,20,22)/t12-/m1/s1. The van der Waals surface area contributed by atoms with Crippen LogP contribution in [0.25, 0.3) is 0 Å². The van der Waals surface area contributed by atoms with Crippen LogP contribution in [0.15, 0.2) is 24.3 Å². The molecule has 3 N–H and O–H groups in total. The van der Waals surface area contributed by atoms with E-state index in [0.717, 1.165) is 0 Å². The number of hydrogen-bond acceptors (Lipinski definition) is 4. The Labute approximate surface area is 149 Å². The summed E-state index contributed by atoms with van der Waals surface area (Å²) in [6.07, 6.45) is -0.175. The van der Waals surface area contributed by atoms with E-state index in [1.165, 1.54) is 11.9 Å². The van der Waals surface area contributed by atoms with Crippen molar-refractivity contribution in [2.45, 2.75) is 12.5 Å². The summed E-state index contributed by atoms with van der Waals surface area (Å²) in [6, 6.07) is 5.44. The van der Waals surface area contributed by atoms with Crippen molar-refractivity contribution in [3.63, 3.8) is 0 Å². The maximum absolute atomic E-state index is 12.2. The van der Waals surface area contributed by atoms with Gasteiger partial charge in [0.2, 0.25) is 17.7 Å². The minimum absolute atomic E-state index is 0.175. The van der Waals surface area contributed by atoms with Crippen molar-refractivity contribution in [3.05, 3.63) is 29.8 Å². The molecule has 0 radical (unpaired) electrons. The lowest BCUT2D eigenvalue weighted by Crippen LogP contribution is -2.58.